The van der Waals surface area contributed by atoms with E-state index in [0.717, 1.165) is 17.4 Å². The monoisotopic (exact) mass is 218 g/mol. The molecule has 0 fully saturated rings. The van der Waals surface area contributed by atoms with Gasteiger partial charge in [-0.2, -0.15) is 0 Å². The fourth-order valence-corrected chi connectivity index (χ4v) is 1.62. The Morgan fingerprint density at radius 3 is 2.94 bits per heavy atom. The lowest BCUT2D eigenvalue weighted by Crippen LogP contribution is -1.99. The van der Waals surface area contributed by atoms with Crippen molar-refractivity contribution in [2.75, 3.05) is 13.7 Å². The van der Waals surface area contributed by atoms with Crippen LogP contribution in [0.25, 0.3) is 11.0 Å². The number of ketones is 1. The van der Waals surface area contributed by atoms with E-state index in [9.17, 15) is 4.79 Å². The molecule has 0 aliphatic heterocycles. The third kappa shape index (κ3) is 2.31. The van der Waals surface area contributed by atoms with Crippen LogP contribution < -0.4 is 0 Å². The molecule has 0 saturated carbocycles. The normalized spacial score (nSPS) is 10.8. The van der Waals surface area contributed by atoms with Crippen molar-refractivity contribution in [1.29, 1.82) is 0 Å². The van der Waals surface area contributed by atoms with Crippen molar-refractivity contribution in [3.05, 3.63) is 36.1 Å². The Labute approximate surface area is 94.0 Å². The zero-order valence-corrected chi connectivity index (χ0v) is 9.23. The van der Waals surface area contributed by atoms with Gasteiger partial charge in [-0.25, -0.2) is 0 Å². The van der Waals surface area contributed by atoms with Gasteiger partial charge in [-0.15, -0.1) is 0 Å². The minimum absolute atomic E-state index is 0.0354. The second-order valence-corrected chi connectivity index (χ2v) is 3.67. The second-order valence-electron chi connectivity index (χ2n) is 3.67. The number of methoxy groups -OCH3 is 1. The van der Waals surface area contributed by atoms with Gasteiger partial charge >= 0.3 is 0 Å². The van der Waals surface area contributed by atoms with Gasteiger partial charge < -0.3 is 9.15 Å². The number of Topliss-reactive ketones (excluding diaryl/α,β-unsaturated/α-hetero) is 1. The van der Waals surface area contributed by atoms with Gasteiger partial charge in [0.1, 0.15) is 5.58 Å². The van der Waals surface area contributed by atoms with Crippen molar-refractivity contribution in [2.24, 2.45) is 0 Å². The number of benzene rings is 1. The van der Waals surface area contributed by atoms with E-state index >= 15 is 0 Å². The van der Waals surface area contributed by atoms with E-state index < -0.39 is 0 Å². The summed E-state index contributed by atoms with van der Waals surface area (Å²) in [5, 5.41) is 0.970. The van der Waals surface area contributed by atoms with Gasteiger partial charge in [0, 0.05) is 25.5 Å². The molecule has 3 heteroatoms. The molecular weight excluding hydrogens is 204 g/mol. The zero-order chi connectivity index (χ0) is 11.4. The number of hydrogen-bond donors (Lipinski definition) is 0. The summed E-state index contributed by atoms with van der Waals surface area (Å²) in [4.78, 5) is 11.7. The highest BCUT2D eigenvalue weighted by Crippen LogP contribution is 2.20. The fourth-order valence-electron chi connectivity index (χ4n) is 1.62. The molecule has 0 amide bonds. The summed E-state index contributed by atoms with van der Waals surface area (Å²) in [6.07, 6.45) is 1.19. The number of hydrogen-bond acceptors (Lipinski definition) is 3. The molecule has 3 nitrogen and oxygen atoms in total. The molecule has 0 unspecified atom stereocenters. The van der Waals surface area contributed by atoms with Crippen LogP contribution >= 0.6 is 0 Å². The lowest BCUT2D eigenvalue weighted by molar-refractivity contribution is 0.0938. The smallest absolute Gasteiger partial charge is 0.198 e. The van der Waals surface area contributed by atoms with Crippen LogP contribution in [-0.2, 0) is 4.74 Å². The number of ether oxygens (including phenoxy) is 1. The van der Waals surface area contributed by atoms with E-state index in [1.54, 1.807) is 13.2 Å². The Kier molecular flexibility index (Phi) is 3.37. The Bertz CT molecular complexity index is 452. The molecule has 0 aliphatic rings. The fraction of sp³-hybridized carbons (Fsp3) is 0.308. The standard InChI is InChI=1S/C13H14O3/c1-15-8-4-6-11(14)13-9-10-5-2-3-7-12(10)16-13/h2-3,5,7,9H,4,6,8H2,1H3. The van der Waals surface area contributed by atoms with Crippen molar-refractivity contribution >= 4 is 16.8 Å². The topological polar surface area (TPSA) is 39.4 Å². The predicted octanol–water partition coefficient (Wildman–Crippen LogP) is 3.04. The van der Waals surface area contributed by atoms with Crippen LogP contribution in [0.1, 0.15) is 23.4 Å². The summed E-state index contributed by atoms with van der Waals surface area (Å²) in [7, 11) is 1.63. The van der Waals surface area contributed by atoms with Gasteiger partial charge in [-0.3, -0.25) is 4.79 Å². The Morgan fingerprint density at radius 2 is 2.19 bits per heavy atom. The molecule has 0 radical (unpaired) electrons. The lowest BCUT2D eigenvalue weighted by Gasteiger charge is -1.96. The maximum atomic E-state index is 11.7. The molecule has 1 aromatic heterocycles. The van der Waals surface area contributed by atoms with Crippen LogP contribution in [0.2, 0.25) is 0 Å². The van der Waals surface area contributed by atoms with Crippen molar-refractivity contribution < 1.29 is 13.9 Å². The molecule has 0 saturated heterocycles. The van der Waals surface area contributed by atoms with Crippen LogP contribution in [0.4, 0.5) is 0 Å². The van der Waals surface area contributed by atoms with Gasteiger partial charge in [-0.1, -0.05) is 18.2 Å². The van der Waals surface area contributed by atoms with Crippen molar-refractivity contribution in [3.8, 4) is 0 Å². The summed E-state index contributed by atoms with van der Waals surface area (Å²) < 4.78 is 10.4. The minimum Gasteiger partial charge on any atom is -0.453 e. The molecule has 0 aliphatic carbocycles. The molecule has 1 heterocycles. The number of rotatable bonds is 5. The van der Waals surface area contributed by atoms with Gasteiger partial charge in [-0.05, 0) is 18.6 Å². The van der Waals surface area contributed by atoms with E-state index in [1.807, 2.05) is 24.3 Å². The summed E-state index contributed by atoms with van der Waals surface area (Å²) >= 11 is 0. The Balaban J connectivity index is 2.11. The third-order valence-corrected chi connectivity index (χ3v) is 2.45. The number of fused-ring (bicyclic) bond motifs is 1. The van der Waals surface area contributed by atoms with E-state index in [1.165, 1.54) is 0 Å². The maximum Gasteiger partial charge on any atom is 0.198 e. The minimum atomic E-state index is 0.0354. The highest BCUT2D eigenvalue weighted by atomic mass is 16.5. The Hall–Kier alpha value is -1.61. The third-order valence-electron chi connectivity index (χ3n) is 2.45. The highest BCUT2D eigenvalue weighted by molar-refractivity contribution is 5.97. The van der Waals surface area contributed by atoms with Gasteiger partial charge in [0.15, 0.2) is 11.5 Å². The van der Waals surface area contributed by atoms with Crippen LogP contribution in [0.15, 0.2) is 34.7 Å². The summed E-state index contributed by atoms with van der Waals surface area (Å²) in [5.74, 6) is 0.477. The number of carbonyl (C=O) groups excluding carboxylic acids is 1. The summed E-state index contributed by atoms with van der Waals surface area (Å²) in [6, 6.07) is 9.42. The van der Waals surface area contributed by atoms with E-state index in [0.29, 0.717) is 18.8 Å². The van der Waals surface area contributed by atoms with Gasteiger partial charge in [0.25, 0.3) is 0 Å². The maximum absolute atomic E-state index is 11.7. The van der Waals surface area contributed by atoms with Crippen LogP contribution in [-0.4, -0.2) is 19.5 Å². The van der Waals surface area contributed by atoms with Crippen LogP contribution in [0.3, 0.4) is 0 Å². The van der Waals surface area contributed by atoms with Gasteiger partial charge in [0.2, 0.25) is 0 Å². The number of carbonyl (C=O) groups is 1. The average molecular weight is 218 g/mol. The average Bonchev–Trinajstić information content (AvgIpc) is 2.73. The molecule has 2 aromatic rings. The first kappa shape index (κ1) is 10.9. The van der Waals surface area contributed by atoms with E-state index in [-0.39, 0.29) is 5.78 Å². The highest BCUT2D eigenvalue weighted by Gasteiger charge is 2.11. The van der Waals surface area contributed by atoms with Crippen molar-refractivity contribution in [2.45, 2.75) is 12.8 Å². The molecule has 0 bridgehead atoms. The molecule has 84 valence electrons. The quantitative estimate of drug-likeness (QED) is 0.572. The lowest BCUT2D eigenvalue weighted by atomic mass is 10.2. The first-order valence-electron chi connectivity index (χ1n) is 5.32. The van der Waals surface area contributed by atoms with E-state index in [4.69, 9.17) is 9.15 Å². The molecule has 0 atom stereocenters. The van der Waals surface area contributed by atoms with Crippen molar-refractivity contribution in [1.82, 2.24) is 0 Å². The molecule has 0 spiro atoms. The molecule has 1 aromatic carbocycles. The Morgan fingerprint density at radius 1 is 1.38 bits per heavy atom. The van der Waals surface area contributed by atoms with Crippen LogP contribution in [0.5, 0.6) is 0 Å². The van der Waals surface area contributed by atoms with E-state index in [2.05, 4.69) is 0 Å². The van der Waals surface area contributed by atoms with Crippen molar-refractivity contribution in [3.63, 3.8) is 0 Å². The molecular formula is C13H14O3. The summed E-state index contributed by atoms with van der Waals surface area (Å²) in [5.41, 5.74) is 0.762. The number of para-hydroxylation sites is 1. The molecule has 16 heavy (non-hydrogen) atoms. The summed E-state index contributed by atoms with van der Waals surface area (Å²) in [6.45, 7) is 0.603. The first-order chi connectivity index (χ1) is 7.81. The largest absolute Gasteiger partial charge is 0.453 e. The zero-order valence-electron chi connectivity index (χ0n) is 9.23. The SMILES string of the molecule is COCCCC(=O)c1cc2ccccc2o1. The predicted molar refractivity (Wildman–Crippen MR) is 61.7 cm³/mol. The van der Waals surface area contributed by atoms with Crippen LogP contribution in [0, 0.1) is 0 Å². The first-order valence-corrected chi connectivity index (χ1v) is 5.32. The van der Waals surface area contributed by atoms with Gasteiger partial charge in [0.05, 0.1) is 0 Å². The molecule has 2 rings (SSSR count). The second kappa shape index (κ2) is 4.94. The number of furan rings is 1. The molecule has 0 N–H and O–H groups in total.